The summed E-state index contributed by atoms with van der Waals surface area (Å²) in [6, 6.07) is 0. The second-order valence-corrected chi connectivity index (χ2v) is 2.31. The molecular formula is C8H11NO. The number of rotatable bonds is 2. The molecule has 0 aromatic carbocycles. The lowest BCUT2D eigenvalue weighted by Crippen LogP contribution is -2.23. The van der Waals surface area contributed by atoms with Gasteiger partial charge >= 0.3 is 0 Å². The van der Waals surface area contributed by atoms with E-state index in [1.807, 2.05) is 6.92 Å². The van der Waals surface area contributed by atoms with Crippen molar-refractivity contribution in [2.75, 3.05) is 6.54 Å². The van der Waals surface area contributed by atoms with Crippen LogP contribution in [0.3, 0.4) is 0 Å². The van der Waals surface area contributed by atoms with Crippen LogP contribution in [0.1, 0.15) is 13.3 Å². The third-order valence-corrected chi connectivity index (χ3v) is 1.48. The molecule has 0 N–H and O–H groups in total. The van der Waals surface area contributed by atoms with E-state index >= 15 is 0 Å². The molecule has 0 bridgehead atoms. The van der Waals surface area contributed by atoms with Crippen molar-refractivity contribution in [2.45, 2.75) is 13.3 Å². The fourth-order valence-corrected chi connectivity index (χ4v) is 0.966. The number of amides is 1. The first-order valence-corrected chi connectivity index (χ1v) is 3.44. The highest BCUT2D eigenvalue weighted by molar-refractivity contribution is 5.92. The lowest BCUT2D eigenvalue weighted by molar-refractivity contribution is -0.123. The Labute approximate surface area is 60.8 Å². The topological polar surface area (TPSA) is 20.3 Å². The summed E-state index contributed by atoms with van der Waals surface area (Å²) in [7, 11) is 0. The van der Waals surface area contributed by atoms with Gasteiger partial charge in [-0.15, -0.1) is 0 Å². The summed E-state index contributed by atoms with van der Waals surface area (Å²) in [5.41, 5.74) is 0.812. The van der Waals surface area contributed by atoms with Crippen LogP contribution in [-0.2, 0) is 4.79 Å². The van der Waals surface area contributed by atoms with Crippen molar-refractivity contribution < 1.29 is 4.79 Å². The number of allylic oxidation sites excluding steroid dienone is 1. The Morgan fingerprint density at radius 3 is 2.70 bits per heavy atom. The van der Waals surface area contributed by atoms with Gasteiger partial charge in [0.15, 0.2) is 0 Å². The second kappa shape index (κ2) is 2.69. The van der Waals surface area contributed by atoms with E-state index in [0.717, 1.165) is 18.7 Å². The third-order valence-electron chi connectivity index (χ3n) is 1.48. The summed E-state index contributed by atoms with van der Waals surface area (Å²) in [4.78, 5) is 12.6. The van der Waals surface area contributed by atoms with E-state index in [1.165, 1.54) is 0 Å². The van der Waals surface area contributed by atoms with Crippen LogP contribution in [0.4, 0.5) is 0 Å². The quantitative estimate of drug-likeness (QED) is 0.562. The lowest BCUT2D eigenvalue weighted by Gasteiger charge is -2.14. The molecule has 0 aromatic heterocycles. The zero-order valence-corrected chi connectivity index (χ0v) is 6.13. The van der Waals surface area contributed by atoms with Crippen molar-refractivity contribution in [1.29, 1.82) is 0 Å². The van der Waals surface area contributed by atoms with E-state index < -0.39 is 0 Å². The number of hydrogen-bond donors (Lipinski definition) is 0. The minimum absolute atomic E-state index is 0.0619. The maximum absolute atomic E-state index is 11.0. The maximum Gasteiger partial charge on any atom is 0.251 e. The molecule has 1 aliphatic rings. The molecule has 1 heterocycles. The molecule has 2 heteroatoms. The minimum atomic E-state index is 0.0619. The number of carbonyl (C=O) groups excluding carboxylic acids is 1. The van der Waals surface area contributed by atoms with E-state index in [1.54, 1.807) is 17.1 Å². The number of hydrogen-bond acceptors (Lipinski definition) is 1. The van der Waals surface area contributed by atoms with Crippen molar-refractivity contribution >= 4 is 5.91 Å². The molecule has 10 heavy (non-hydrogen) atoms. The van der Waals surface area contributed by atoms with Gasteiger partial charge in [-0.2, -0.15) is 0 Å². The van der Waals surface area contributed by atoms with Crippen LogP contribution < -0.4 is 0 Å². The number of nitrogens with zero attached hydrogens (tertiary/aromatic N) is 1. The third kappa shape index (κ3) is 1.10. The molecule has 1 amide bonds. The molecule has 0 saturated carbocycles. The first-order valence-electron chi connectivity index (χ1n) is 3.44. The summed E-state index contributed by atoms with van der Waals surface area (Å²) in [5, 5.41) is 0. The molecule has 1 aliphatic heterocycles. The Bertz CT molecular complexity index is 175. The molecule has 0 aliphatic carbocycles. The largest absolute Gasteiger partial charge is 0.309 e. The smallest absolute Gasteiger partial charge is 0.251 e. The summed E-state index contributed by atoms with van der Waals surface area (Å²) in [5.74, 6) is 0.0619. The Morgan fingerprint density at radius 1 is 1.60 bits per heavy atom. The molecule has 0 aromatic rings. The highest BCUT2D eigenvalue weighted by Crippen LogP contribution is 2.12. The zero-order valence-electron chi connectivity index (χ0n) is 6.13. The first kappa shape index (κ1) is 7.06. The van der Waals surface area contributed by atoms with Crippen molar-refractivity contribution in [3.63, 3.8) is 0 Å². The van der Waals surface area contributed by atoms with Crippen LogP contribution in [0.15, 0.2) is 24.4 Å². The SMILES string of the molecule is C=C1C=CC(=O)N1CCC. The van der Waals surface area contributed by atoms with Gasteiger partial charge < -0.3 is 4.90 Å². The lowest BCUT2D eigenvalue weighted by atomic mass is 10.4. The molecule has 0 fully saturated rings. The van der Waals surface area contributed by atoms with Crippen molar-refractivity contribution in [1.82, 2.24) is 4.90 Å². The van der Waals surface area contributed by atoms with E-state index in [-0.39, 0.29) is 5.91 Å². The van der Waals surface area contributed by atoms with Gasteiger partial charge in [0.1, 0.15) is 0 Å². The highest BCUT2D eigenvalue weighted by atomic mass is 16.2. The standard InChI is InChI=1S/C8H11NO/c1-3-6-9-7(2)4-5-8(9)10/h4-5H,2-3,6H2,1H3. The molecule has 0 unspecified atom stereocenters. The Kier molecular flexibility index (Phi) is 1.90. The van der Waals surface area contributed by atoms with Gasteiger partial charge in [-0.05, 0) is 12.5 Å². The number of carbonyl (C=O) groups is 1. The fourth-order valence-electron chi connectivity index (χ4n) is 0.966. The van der Waals surface area contributed by atoms with Crippen LogP contribution in [0, 0.1) is 0 Å². The van der Waals surface area contributed by atoms with Crippen molar-refractivity contribution in [3.8, 4) is 0 Å². The second-order valence-electron chi connectivity index (χ2n) is 2.31. The van der Waals surface area contributed by atoms with Gasteiger partial charge in [0, 0.05) is 18.3 Å². The van der Waals surface area contributed by atoms with Gasteiger partial charge in [0.2, 0.25) is 0 Å². The van der Waals surface area contributed by atoms with Gasteiger partial charge in [-0.25, -0.2) is 0 Å². The molecule has 0 spiro atoms. The average molecular weight is 137 g/mol. The molecule has 0 saturated heterocycles. The predicted molar refractivity (Wildman–Crippen MR) is 40.3 cm³/mol. The average Bonchev–Trinajstić information content (AvgIpc) is 2.20. The molecular weight excluding hydrogens is 126 g/mol. The van der Waals surface area contributed by atoms with Gasteiger partial charge in [-0.1, -0.05) is 13.5 Å². The van der Waals surface area contributed by atoms with Crippen LogP contribution in [-0.4, -0.2) is 17.4 Å². The van der Waals surface area contributed by atoms with Crippen LogP contribution in [0.25, 0.3) is 0 Å². The van der Waals surface area contributed by atoms with E-state index in [4.69, 9.17) is 0 Å². The van der Waals surface area contributed by atoms with E-state index in [2.05, 4.69) is 6.58 Å². The summed E-state index contributed by atoms with van der Waals surface area (Å²) in [6.45, 7) is 6.55. The normalized spacial score (nSPS) is 17.1. The van der Waals surface area contributed by atoms with Crippen LogP contribution >= 0.6 is 0 Å². The molecule has 2 nitrogen and oxygen atoms in total. The van der Waals surface area contributed by atoms with Crippen LogP contribution in [0.5, 0.6) is 0 Å². The maximum atomic E-state index is 11.0. The Hall–Kier alpha value is -1.05. The zero-order chi connectivity index (χ0) is 7.56. The molecule has 54 valence electrons. The van der Waals surface area contributed by atoms with Gasteiger partial charge in [0.05, 0.1) is 0 Å². The molecule has 1 rings (SSSR count). The van der Waals surface area contributed by atoms with Crippen molar-refractivity contribution in [2.24, 2.45) is 0 Å². The summed E-state index contributed by atoms with van der Waals surface area (Å²) >= 11 is 0. The Balaban J connectivity index is 2.60. The molecule has 0 atom stereocenters. The Morgan fingerprint density at radius 2 is 2.30 bits per heavy atom. The van der Waals surface area contributed by atoms with E-state index in [9.17, 15) is 4.79 Å². The van der Waals surface area contributed by atoms with Crippen LogP contribution in [0.2, 0.25) is 0 Å². The van der Waals surface area contributed by atoms with Crippen molar-refractivity contribution in [3.05, 3.63) is 24.4 Å². The van der Waals surface area contributed by atoms with Gasteiger partial charge in [-0.3, -0.25) is 4.79 Å². The summed E-state index contributed by atoms with van der Waals surface area (Å²) in [6.07, 6.45) is 4.28. The van der Waals surface area contributed by atoms with E-state index in [0.29, 0.717) is 0 Å². The fraction of sp³-hybridized carbons (Fsp3) is 0.375. The van der Waals surface area contributed by atoms with Gasteiger partial charge in [0.25, 0.3) is 5.91 Å². The summed E-state index contributed by atoms with van der Waals surface area (Å²) < 4.78 is 0. The highest BCUT2D eigenvalue weighted by Gasteiger charge is 2.16. The first-order chi connectivity index (χ1) is 4.75. The monoisotopic (exact) mass is 137 g/mol. The molecule has 0 radical (unpaired) electrons. The minimum Gasteiger partial charge on any atom is -0.309 e. The predicted octanol–water partition coefficient (Wildman–Crippen LogP) is 1.31.